The summed E-state index contributed by atoms with van der Waals surface area (Å²) in [5, 5.41) is 3.07. The van der Waals surface area contributed by atoms with E-state index in [4.69, 9.17) is 0 Å². The number of carbonyl (C=O) groups is 1. The molecule has 2 rings (SSSR count). The Labute approximate surface area is 128 Å². The Morgan fingerprint density at radius 3 is 2.43 bits per heavy atom. The maximum Gasteiger partial charge on any atom is 0.217 e. The van der Waals surface area contributed by atoms with Crippen molar-refractivity contribution in [1.29, 1.82) is 0 Å². The molecule has 1 amide bonds. The Morgan fingerprint density at radius 1 is 1.14 bits per heavy atom. The molecular weight excluding hydrogens is 260 g/mol. The first kappa shape index (κ1) is 15.6. The molecule has 1 N–H and O–H groups in total. The van der Waals surface area contributed by atoms with Crippen molar-refractivity contribution in [1.82, 2.24) is 5.32 Å². The highest BCUT2D eigenvalue weighted by Crippen LogP contribution is 2.30. The molecule has 3 heteroatoms. The standard InChI is InChI=1S/C18H26N2O/c1-14(2)13-17(19-15(3)21)16-9-5-6-10-18(16)20-11-7-4-8-12-20/h5-6,9-10,13,17H,4,7-8,11-12H2,1-3H3,(H,19,21). The third kappa shape index (κ3) is 4.35. The number of piperidine rings is 1. The van der Waals surface area contributed by atoms with Gasteiger partial charge in [-0.05, 0) is 39.2 Å². The minimum atomic E-state index is -0.0503. The molecule has 1 aromatic carbocycles. The number of para-hydroxylation sites is 1. The van der Waals surface area contributed by atoms with Gasteiger partial charge in [0, 0.05) is 31.3 Å². The second-order valence-electron chi connectivity index (χ2n) is 6.03. The van der Waals surface area contributed by atoms with Crippen molar-refractivity contribution >= 4 is 11.6 Å². The zero-order valence-corrected chi connectivity index (χ0v) is 13.4. The number of rotatable bonds is 4. The molecule has 0 aromatic heterocycles. The summed E-state index contributed by atoms with van der Waals surface area (Å²) in [7, 11) is 0. The lowest BCUT2D eigenvalue weighted by molar-refractivity contribution is -0.119. The summed E-state index contributed by atoms with van der Waals surface area (Å²) in [5.74, 6) is 0.00551. The minimum absolute atomic E-state index is 0.00551. The number of nitrogens with zero attached hydrogens (tertiary/aromatic N) is 1. The molecule has 0 spiro atoms. The molecule has 0 radical (unpaired) electrons. The summed E-state index contributed by atoms with van der Waals surface area (Å²) in [5.41, 5.74) is 3.66. The normalized spacial score (nSPS) is 16.2. The fourth-order valence-electron chi connectivity index (χ4n) is 2.93. The van der Waals surface area contributed by atoms with E-state index in [0.717, 1.165) is 13.1 Å². The van der Waals surface area contributed by atoms with Gasteiger partial charge in [-0.1, -0.05) is 29.8 Å². The molecule has 1 aliphatic rings. The van der Waals surface area contributed by atoms with Gasteiger partial charge in [0.05, 0.1) is 6.04 Å². The van der Waals surface area contributed by atoms with Gasteiger partial charge in [-0.2, -0.15) is 0 Å². The van der Waals surface area contributed by atoms with E-state index in [2.05, 4.69) is 54.4 Å². The molecular formula is C18H26N2O. The van der Waals surface area contributed by atoms with Gasteiger partial charge in [0.15, 0.2) is 0 Å². The van der Waals surface area contributed by atoms with Crippen molar-refractivity contribution in [3.8, 4) is 0 Å². The first-order valence-electron chi connectivity index (χ1n) is 7.84. The summed E-state index contributed by atoms with van der Waals surface area (Å²) >= 11 is 0. The van der Waals surface area contributed by atoms with Gasteiger partial charge < -0.3 is 10.2 Å². The molecule has 0 bridgehead atoms. The highest BCUT2D eigenvalue weighted by atomic mass is 16.1. The van der Waals surface area contributed by atoms with Crippen LogP contribution in [0.15, 0.2) is 35.9 Å². The second-order valence-corrected chi connectivity index (χ2v) is 6.03. The van der Waals surface area contributed by atoms with Crippen LogP contribution < -0.4 is 10.2 Å². The van der Waals surface area contributed by atoms with Crippen LogP contribution >= 0.6 is 0 Å². The van der Waals surface area contributed by atoms with E-state index >= 15 is 0 Å². The van der Waals surface area contributed by atoms with E-state index in [1.807, 2.05) is 0 Å². The minimum Gasteiger partial charge on any atom is -0.371 e. The number of nitrogens with one attached hydrogen (secondary N) is 1. The van der Waals surface area contributed by atoms with Gasteiger partial charge >= 0.3 is 0 Å². The summed E-state index contributed by atoms with van der Waals surface area (Å²) < 4.78 is 0. The number of hydrogen-bond acceptors (Lipinski definition) is 2. The predicted molar refractivity (Wildman–Crippen MR) is 88.5 cm³/mol. The number of benzene rings is 1. The number of carbonyl (C=O) groups excluding carboxylic acids is 1. The lowest BCUT2D eigenvalue weighted by Gasteiger charge is -2.32. The molecule has 1 aliphatic heterocycles. The number of anilines is 1. The highest BCUT2D eigenvalue weighted by molar-refractivity contribution is 5.74. The van der Waals surface area contributed by atoms with Gasteiger partial charge in [-0.15, -0.1) is 0 Å². The molecule has 1 fully saturated rings. The SMILES string of the molecule is CC(=O)NC(C=C(C)C)c1ccccc1N1CCCCC1. The predicted octanol–water partition coefficient (Wildman–Crippen LogP) is 3.82. The van der Waals surface area contributed by atoms with E-state index in [-0.39, 0.29) is 11.9 Å². The van der Waals surface area contributed by atoms with Crippen LogP contribution in [-0.4, -0.2) is 19.0 Å². The largest absolute Gasteiger partial charge is 0.371 e. The van der Waals surface area contributed by atoms with Crippen LogP contribution in [0.1, 0.15) is 51.6 Å². The average molecular weight is 286 g/mol. The quantitative estimate of drug-likeness (QED) is 0.853. The third-order valence-corrected chi connectivity index (χ3v) is 3.83. The lowest BCUT2D eigenvalue weighted by Crippen LogP contribution is -2.32. The molecule has 1 saturated heterocycles. The first-order chi connectivity index (χ1) is 10.1. The van der Waals surface area contributed by atoms with Crippen molar-refractivity contribution < 1.29 is 4.79 Å². The van der Waals surface area contributed by atoms with Crippen LogP contribution in [0.25, 0.3) is 0 Å². The number of hydrogen-bond donors (Lipinski definition) is 1. The lowest BCUT2D eigenvalue weighted by atomic mass is 10.00. The van der Waals surface area contributed by atoms with Crippen LogP contribution in [0.4, 0.5) is 5.69 Å². The van der Waals surface area contributed by atoms with E-state index < -0.39 is 0 Å². The van der Waals surface area contributed by atoms with Crippen LogP contribution in [0.5, 0.6) is 0 Å². The number of allylic oxidation sites excluding steroid dienone is 1. The molecule has 0 aliphatic carbocycles. The topological polar surface area (TPSA) is 32.3 Å². The van der Waals surface area contributed by atoms with Crippen molar-refractivity contribution in [2.45, 2.75) is 46.1 Å². The van der Waals surface area contributed by atoms with E-state index in [1.165, 1.54) is 36.1 Å². The fourth-order valence-corrected chi connectivity index (χ4v) is 2.93. The monoisotopic (exact) mass is 286 g/mol. The Balaban J connectivity index is 2.35. The molecule has 1 unspecified atom stereocenters. The fraction of sp³-hybridized carbons (Fsp3) is 0.500. The Bertz CT molecular complexity index is 512. The van der Waals surface area contributed by atoms with Crippen LogP contribution in [0, 0.1) is 0 Å². The maximum absolute atomic E-state index is 11.5. The Morgan fingerprint density at radius 2 is 1.81 bits per heavy atom. The van der Waals surface area contributed by atoms with Gasteiger partial charge in [0.1, 0.15) is 0 Å². The van der Waals surface area contributed by atoms with Crippen LogP contribution in [0.3, 0.4) is 0 Å². The molecule has 21 heavy (non-hydrogen) atoms. The molecule has 1 heterocycles. The van der Waals surface area contributed by atoms with Gasteiger partial charge in [-0.3, -0.25) is 4.79 Å². The zero-order valence-electron chi connectivity index (χ0n) is 13.4. The average Bonchev–Trinajstić information content (AvgIpc) is 2.46. The van der Waals surface area contributed by atoms with Crippen molar-refractivity contribution in [2.24, 2.45) is 0 Å². The van der Waals surface area contributed by atoms with Crippen LogP contribution in [0.2, 0.25) is 0 Å². The zero-order chi connectivity index (χ0) is 15.2. The second kappa shape index (κ2) is 7.30. The van der Waals surface area contributed by atoms with E-state index in [0.29, 0.717) is 0 Å². The summed E-state index contributed by atoms with van der Waals surface area (Å²) in [6, 6.07) is 8.39. The molecule has 1 atom stereocenters. The van der Waals surface area contributed by atoms with Crippen molar-refractivity contribution in [3.05, 3.63) is 41.5 Å². The molecule has 0 saturated carbocycles. The molecule has 114 valence electrons. The summed E-state index contributed by atoms with van der Waals surface area (Å²) in [4.78, 5) is 14.0. The van der Waals surface area contributed by atoms with Crippen molar-refractivity contribution in [2.75, 3.05) is 18.0 Å². The third-order valence-electron chi connectivity index (χ3n) is 3.83. The summed E-state index contributed by atoms with van der Waals surface area (Å²) in [6.45, 7) is 7.93. The summed E-state index contributed by atoms with van der Waals surface area (Å²) in [6.07, 6.45) is 5.95. The maximum atomic E-state index is 11.5. The smallest absolute Gasteiger partial charge is 0.217 e. The van der Waals surface area contributed by atoms with Gasteiger partial charge in [-0.25, -0.2) is 0 Å². The Hall–Kier alpha value is -1.77. The van der Waals surface area contributed by atoms with Crippen LogP contribution in [-0.2, 0) is 4.79 Å². The Kier molecular flexibility index (Phi) is 5.43. The van der Waals surface area contributed by atoms with Crippen molar-refractivity contribution in [3.63, 3.8) is 0 Å². The highest BCUT2D eigenvalue weighted by Gasteiger charge is 2.19. The van der Waals surface area contributed by atoms with Gasteiger partial charge in [0.2, 0.25) is 5.91 Å². The van der Waals surface area contributed by atoms with E-state index in [9.17, 15) is 4.79 Å². The molecule has 1 aromatic rings. The number of amides is 1. The van der Waals surface area contributed by atoms with Gasteiger partial charge in [0.25, 0.3) is 0 Å². The van der Waals surface area contributed by atoms with E-state index in [1.54, 1.807) is 6.92 Å². The molecule has 3 nitrogen and oxygen atoms in total. The first-order valence-corrected chi connectivity index (χ1v) is 7.84.